The van der Waals surface area contributed by atoms with Crippen LogP contribution >= 0.6 is 0 Å². The fraction of sp³-hybridized carbons (Fsp3) is 1.00. The second-order valence-corrected chi connectivity index (χ2v) is 4.56. The summed E-state index contributed by atoms with van der Waals surface area (Å²) < 4.78 is 11.2. The summed E-state index contributed by atoms with van der Waals surface area (Å²) >= 11 is 0. The molecule has 0 amide bonds. The van der Waals surface area contributed by atoms with Crippen molar-refractivity contribution in [3.05, 3.63) is 0 Å². The Balaban J connectivity index is 2.11. The molecule has 1 heterocycles. The summed E-state index contributed by atoms with van der Waals surface area (Å²) in [5.41, 5.74) is 0. The summed E-state index contributed by atoms with van der Waals surface area (Å²) in [7, 11) is 2.02. The lowest BCUT2D eigenvalue weighted by Crippen LogP contribution is -2.31. The fourth-order valence-corrected chi connectivity index (χ4v) is 1.97. The van der Waals surface area contributed by atoms with Crippen LogP contribution in [0.5, 0.6) is 0 Å². The normalized spacial score (nSPS) is 23.6. The zero-order chi connectivity index (χ0) is 11.1. The lowest BCUT2D eigenvalue weighted by Gasteiger charge is -2.20. The van der Waals surface area contributed by atoms with Gasteiger partial charge in [-0.15, -0.1) is 0 Å². The topological polar surface area (TPSA) is 30.5 Å². The third-order valence-corrected chi connectivity index (χ3v) is 2.90. The van der Waals surface area contributed by atoms with Gasteiger partial charge in [-0.3, -0.25) is 0 Å². The number of rotatable bonds is 7. The highest BCUT2D eigenvalue weighted by atomic mass is 16.5. The predicted molar refractivity (Wildman–Crippen MR) is 62.1 cm³/mol. The van der Waals surface area contributed by atoms with Gasteiger partial charge in [-0.05, 0) is 46.6 Å². The minimum Gasteiger partial charge on any atom is -0.379 e. The molecule has 90 valence electrons. The largest absolute Gasteiger partial charge is 0.379 e. The maximum atomic E-state index is 5.63. The van der Waals surface area contributed by atoms with Gasteiger partial charge in [0.1, 0.15) is 0 Å². The molecule has 0 aliphatic carbocycles. The summed E-state index contributed by atoms with van der Waals surface area (Å²) in [6.07, 6.45) is 5.46. The van der Waals surface area contributed by atoms with Crippen molar-refractivity contribution < 1.29 is 9.47 Å². The zero-order valence-corrected chi connectivity index (χ0v) is 10.3. The van der Waals surface area contributed by atoms with Crippen LogP contribution in [0.2, 0.25) is 0 Å². The van der Waals surface area contributed by atoms with Crippen LogP contribution in [0.4, 0.5) is 0 Å². The molecule has 3 heteroatoms. The van der Waals surface area contributed by atoms with Crippen LogP contribution in [-0.2, 0) is 9.47 Å². The van der Waals surface area contributed by atoms with E-state index in [1.807, 2.05) is 7.05 Å². The molecule has 0 saturated carbocycles. The molecule has 0 spiro atoms. The van der Waals surface area contributed by atoms with Crippen molar-refractivity contribution in [3.8, 4) is 0 Å². The van der Waals surface area contributed by atoms with Gasteiger partial charge >= 0.3 is 0 Å². The number of hydrogen-bond acceptors (Lipinski definition) is 3. The Labute approximate surface area is 93.5 Å². The first kappa shape index (κ1) is 12.9. The summed E-state index contributed by atoms with van der Waals surface area (Å²) in [5.74, 6) is 0. The SMILES string of the molecule is CNC(CCOC(C)C)CC1CCCO1. The fourth-order valence-electron chi connectivity index (χ4n) is 1.97. The first-order valence-corrected chi connectivity index (χ1v) is 6.13. The molecule has 0 aromatic carbocycles. The van der Waals surface area contributed by atoms with Gasteiger partial charge in [-0.2, -0.15) is 0 Å². The highest BCUT2D eigenvalue weighted by molar-refractivity contribution is 4.74. The lowest BCUT2D eigenvalue weighted by atomic mass is 10.0. The van der Waals surface area contributed by atoms with Crippen molar-refractivity contribution in [3.63, 3.8) is 0 Å². The average molecular weight is 215 g/mol. The maximum absolute atomic E-state index is 5.63. The molecule has 1 saturated heterocycles. The van der Waals surface area contributed by atoms with E-state index in [1.54, 1.807) is 0 Å². The van der Waals surface area contributed by atoms with Crippen LogP contribution in [0.25, 0.3) is 0 Å². The Morgan fingerprint density at radius 2 is 2.27 bits per heavy atom. The van der Waals surface area contributed by atoms with Gasteiger partial charge in [0, 0.05) is 19.3 Å². The highest BCUT2D eigenvalue weighted by Crippen LogP contribution is 2.18. The van der Waals surface area contributed by atoms with E-state index in [4.69, 9.17) is 9.47 Å². The molecule has 1 rings (SSSR count). The summed E-state index contributed by atoms with van der Waals surface area (Å²) in [6.45, 7) is 5.95. The molecule has 0 aromatic heterocycles. The molecular weight excluding hydrogens is 190 g/mol. The molecule has 0 aromatic rings. The Hall–Kier alpha value is -0.120. The molecule has 1 N–H and O–H groups in total. The maximum Gasteiger partial charge on any atom is 0.0590 e. The number of ether oxygens (including phenoxy) is 2. The van der Waals surface area contributed by atoms with Gasteiger partial charge in [-0.1, -0.05) is 0 Å². The van der Waals surface area contributed by atoms with Crippen LogP contribution in [0.15, 0.2) is 0 Å². The second kappa shape index (κ2) is 7.20. The van der Waals surface area contributed by atoms with Crippen molar-refractivity contribution in [1.82, 2.24) is 5.32 Å². The second-order valence-electron chi connectivity index (χ2n) is 4.56. The summed E-state index contributed by atoms with van der Waals surface area (Å²) in [5, 5.41) is 3.34. The molecule has 2 atom stereocenters. The van der Waals surface area contributed by atoms with E-state index in [0.717, 1.165) is 26.1 Å². The first-order valence-electron chi connectivity index (χ1n) is 6.13. The van der Waals surface area contributed by atoms with Crippen molar-refractivity contribution in [2.75, 3.05) is 20.3 Å². The highest BCUT2D eigenvalue weighted by Gasteiger charge is 2.19. The van der Waals surface area contributed by atoms with Crippen LogP contribution in [0.1, 0.15) is 39.5 Å². The van der Waals surface area contributed by atoms with Gasteiger partial charge in [-0.25, -0.2) is 0 Å². The quantitative estimate of drug-likeness (QED) is 0.704. The van der Waals surface area contributed by atoms with Crippen molar-refractivity contribution >= 4 is 0 Å². The molecule has 1 aliphatic heterocycles. The predicted octanol–water partition coefficient (Wildman–Crippen LogP) is 1.96. The third kappa shape index (κ3) is 5.50. The van der Waals surface area contributed by atoms with Crippen LogP contribution in [0, 0.1) is 0 Å². The van der Waals surface area contributed by atoms with Gasteiger partial charge < -0.3 is 14.8 Å². The van der Waals surface area contributed by atoms with E-state index < -0.39 is 0 Å². The number of nitrogens with one attached hydrogen (secondary N) is 1. The Morgan fingerprint density at radius 3 is 2.80 bits per heavy atom. The Morgan fingerprint density at radius 1 is 1.47 bits per heavy atom. The molecule has 3 nitrogen and oxygen atoms in total. The van der Waals surface area contributed by atoms with E-state index in [2.05, 4.69) is 19.2 Å². The Bertz CT molecular complexity index is 156. The number of hydrogen-bond donors (Lipinski definition) is 1. The van der Waals surface area contributed by atoms with E-state index in [9.17, 15) is 0 Å². The molecule has 1 fully saturated rings. The smallest absolute Gasteiger partial charge is 0.0590 e. The van der Waals surface area contributed by atoms with E-state index in [1.165, 1.54) is 12.8 Å². The molecular formula is C12H25NO2. The summed E-state index contributed by atoms with van der Waals surface area (Å²) in [4.78, 5) is 0. The summed E-state index contributed by atoms with van der Waals surface area (Å²) in [6, 6.07) is 0.534. The van der Waals surface area contributed by atoms with Gasteiger partial charge in [0.05, 0.1) is 12.2 Å². The lowest BCUT2D eigenvalue weighted by molar-refractivity contribution is 0.0604. The van der Waals surface area contributed by atoms with Crippen LogP contribution < -0.4 is 5.32 Å². The van der Waals surface area contributed by atoms with Crippen molar-refractivity contribution in [2.24, 2.45) is 0 Å². The molecule has 1 aliphatic rings. The Kier molecular flexibility index (Phi) is 6.22. The van der Waals surface area contributed by atoms with Crippen LogP contribution in [0.3, 0.4) is 0 Å². The third-order valence-electron chi connectivity index (χ3n) is 2.90. The van der Waals surface area contributed by atoms with E-state index in [-0.39, 0.29) is 0 Å². The van der Waals surface area contributed by atoms with E-state index >= 15 is 0 Å². The van der Waals surface area contributed by atoms with Crippen molar-refractivity contribution in [2.45, 2.75) is 57.8 Å². The van der Waals surface area contributed by atoms with E-state index in [0.29, 0.717) is 18.2 Å². The van der Waals surface area contributed by atoms with Crippen molar-refractivity contribution in [1.29, 1.82) is 0 Å². The minimum atomic E-state index is 0.338. The first-order chi connectivity index (χ1) is 7.22. The molecule has 0 radical (unpaired) electrons. The molecule has 15 heavy (non-hydrogen) atoms. The van der Waals surface area contributed by atoms with Gasteiger partial charge in [0.25, 0.3) is 0 Å². The average Bonchev–Trinajstić information content (AvgIpc) is 2.68. The monoisotopic (exact) mass is 215 g/mol. The molecule has 2 unspecified atom stereocenters. The van der Waals surface area contributed by atoms with Crippen LogP contribution in [-0.4, -0.2) is 38.5 Å². The van der Waals surface area contributed by atoms with Gasteiger partial charge in [0.15, 0.2) is 0 Å². The minimum absolute atomic E-state index is 0.338. The van der Waals surface area contributed by atoms with Gasteiger partial charge in [0.2, 0.25) is 0 Å². The molecule has 0 bridgehead atoms. The standard InChI is InChI=1S/C12H25NO2/c1-10(2)14-8-6-11(13-3)9-12-5-4-7-15-12/h10-13H,4-9H2,1-3H3. The zero-order valence-electron chi connectivity index (χ0n) is 10.3.